The van der Waals surface area contributed by atoms with Crippen LogP contribution in [0.25, 0.3) is 10.9 Å². The lowest BCUT2D eigenvalue weighted by Gasteiger charge is -2.28. The van der Waals surface area contributed by atoms with Gasteiger partial charge < -0.3 is 20.9 Å². The van der Waals surface area contributed by atoms with Crippen LogP contribution in [0.15, 0.2) is 42.5 Å². The first-order chi connectivity index (χ1) is 12.2. The van der Waals surface area contributed by atoms with E-state index >= 15 is 0 Å². The molecule has 0 radical (unpaired) electrons. The number of anilines is 3. The fourth-order valence-electron chi connectivity index (χ4n) is 3.56. The Bertz CT molecular complexity index is 927. The van der Waals surface area contributed by atoms with Crippen molar-refractivity contribution < 1.29 is 4.79 Å². The number of nitrogens with two attached hydrogens (primary N) is 1. The quantitative estimate of drug-likeness (QED) is 0.638. The summed E-state index contributed by atoms with van der Waals surface area (Å²) in [6.45, 7) is 4.21. The molecule has 0 unspecified atom stereocenters. The Balaban J connectivity index is 1.68. The molecule has 5 heteroatoms. The number of aryl methyl sites for hydroxylation is 1. The number of rotatable bonds is 3. The third kappa shape index (κ3) is 2.82. The topological polar surface area (TPSA) is 74.2 Å². The SMILES string of the molecule is CCN1CCCc2[nH]c3ccc(C(=O)Nc4ccc(N)cc4)cc3c21. The highest BCUT2D eigenvalue weighted by molar-refractivity contribution is 6.08. The second-order valence-electron chi connectivity index (χ2n) is 6.47. The lowest BCUT2D eigenvalue weighted by molar-refractivity contribution is 0.102. The Labute approximate surface area is 146 Å². The van der Waals surface area contributed by atoms with E-state index in [1.165, 1.54) is 11.4 Å². The Morgan fingerprint density at radius 1 is 1.24 bits per heavy atom. The molecule has 0 spiro atoms. The summed E-state index contributed by atoms with van der Waals surface area (Å²) in [4.78, 5) is 18.5. The summed E-state index contributed by atoms with van der Waals surface area (Å²) in [7, 11) is 0. The van der Waals surface area contributed by atoms with Gasteiger partial charge in [0.15, 0.2) is 0 Å². The largest absolute Gasteiger partial charge is 0.399 e. The van der Waals surface area contributed by atoms with Gasteiger partial charge in [-0.3, -0.25) is 4.79 Å². The highest BCUT2D eigenvalue weighted by Crippen LogP contribution is 2.35. The molecule has 5 nitrogen and oxygen atoms in total. The van der Waals surface area contributed by atoms with Gasteiger partial charge in [-0.1, -0.05) is 0 Å². The molecule has 0 bridgehead atoms. The molecule has 128 valence electrons. The van der Waals surface area contributed by atoms with Crippen LogP contribution in [0.1, 0.15) is 29.4 Å². The minimum Gasteiger partial charge on any atom is -0.399 e. The van der Waals surface area contributed by atoms with Gasteiger partial charge in [-0.2, -0.15) is 0 Å². The van der Waals surface area contributed by atoms with Crippen molar-refractivity contribution in [1.82, 2.24) is 4.98 Å². The molecule has 0 atom stereocenters. The van der Waals surface area contributed by atoms with Gasteiger partial charge in [0, 0.05) is 46.6 Å². The monoisotopic (exact) mass is 334 g/mol. The molecule has 2 aromatic carbocycles. The number of benzene rings is 2. The molecule has 0 fully saturated rings. The summed E-state index contributed by atoms with van der Waals surface area (Å²) in [6, 6.07) is 13.0. The first kappa shape index (κ1) is 15.6. The van der Waals surface area contributed by atoms with Crippen molar-refractivity contribution in [1.29, 1.82) is 0 Å². The fourth-order valence-corrected chi connectivity index (χ4v) is 3.56. The minimum absolute atomic E-state index is 0.111. The highest BCUT2D eigenvalue weighted by atomic mass is 16.1. The van der Waals surface area contributed by atoms with Crippen LogP contribution in [0.3, 0.4) is 0 Å². The molecule has 4 rings (SSSR count). The molecule has 0 saturated heterocycles. The number of carbonyl (C=O) groups is 1. The van der Waals surface area contributed by atoms with E-state index in [9.17, 15) is 4.79 Å². The lowest BCUT2D eigenvalue weighted by Crippen LogP contribution is -2.28. The predicted molar refractivity (Wildman–Crippen MR) is 103 cm³/mol. The van der Waals surface area contributed by atoms with Crippen molar-refractivity contribution in [2.24, 2.45) is 0 Å². The standard InChI is InChI=1S/C20H22N4O/c1-2-24-11-3-4-18-19(24)16-12-13(5-10-17(16)23-18)20(25)22-15-8-6-14(21)7-9-15/h5-10,12,23H,2-4,11,21H2,1H3,(H,22,25). The number of H-pyrrole nitrogens is 1. The first-order valence-electron chi connectivity index (χ1n) is 8.72. The maximum absolute atomic E-state index is 12.6. The zero-order chi connectivity index (χ0) is 17.4. The van der Waals surface area contributed by atoms with Crippen LogP contribution in [-0.4, -0.2) is 24.0 Å². The van der Waals surface area contributed by atoms with Crippen LogP contribution >= 0.6 is 0 Å². The van der Waals surface area contributed by atoms with E-state index in [0.717, 1.165) is 42.5 Å². The maximum atomic E-state index is 12.6. The van der Waals surface area contributed by atoms with Crippen LogP contribution in [0.4, 0.5) is 17.1 Å². The smallest absolute Gasteiger partial charge is 0.255 e. The van der Waals surface area contributed by atoms with Gasteiger partial charge in [0.05, 0.1) is 5.69 Å². The summed E-state index contributed by atoms with van der Waals surface area (Å²) in [6.07, 6.45) is 2.23. The zero-order valence-electron chi connectivity index (χ0n) is 14.3. The number of fused-ring (bicyclic) bond motifs is 3. The molecule has 0 aliphatic carbocycles. The number of nitrogens with one attached hydrogen (secondary N) is 2. The zero-order valence-corrected chi connectivity index (χ0v) is 14.3. The highest BCUT2D eigenvalue weighted by Gasteiger charge is 2.21. The normalized spacial score (nSPS) is 13.7. The summed E-state index contributed by atoms with van der Waals surface area (Å²) < 4.78 is 0. The molecule has 1 aliphatic heterocycles. The van der Waals surface area contributed by atoms with Gasteiger partial charge in [0.25, 0.3) is 5.91 Å². The van der Waals surface area contributed by atoms with Gasteiger partial charge in [-0.05, 0) is 62.2 Å². The van der Waals surface area contributed by atoms with Gasteiger partial charge in [-0.15, -0.1) is 0 Å². The molecule has 1 amide bonds. The number of aromatic nitrogens is 1. The Morgan fingerprint density at radius 3 is 2.80 bits per heavy atom. The Kier molecular flexibility index (Phi) is 3.84. The molecule has 2 heterocycles. The third-order valence-electron chi connectivity index (χ3n) is 4.83. The molecular weight excluding hydrogens is 312 g/mol. The summed E-state index contributed by atoms with van der Waals surface area (Å²) in [5.41, 5.74) is 11.4. The van der Waals surface area contributed by atoms with Crippen molar-refractivity contribution in [3.8, 4) is 0 Å². The average Bonchev–Trinajstić information content (AvgIpc) is 3.01. The molecule has 25 heavy (non-hydrogen) atoms. The number of amides is 1. The van der Waals surface area contributed by atoms with E-state index in [4.69, 9.17) is 5.73 Å². The first-order valence-corrected chi connectivity index (χ1v) is 8.72. The van der Waals surface area contributed by atoms with Crippen molar-refractivity contribution in [3.63, 3.8) is 0 Å². The number of hydrogen-bond donors (Lipinski definition) is 3. The number of nitrogen functional groups attached to an aromatic ring is 1. The minimum atomic E-state index is -0.111. The lowest BCUT2D eigenvalue weighted by atomic mass is 10.1. The van der Waals surface area contributed by atoms with Gasteiger partial charge in [0.2, 0.25) is 0 Å². The summed E-state index contributed by atoms with van der Waals surface area (Å²) in [5.74, 6) is -0.111. The molecule has 1 aliphatic rings. The van der Waals surface area contributed by atoms with Crippen molar-refractivity contribution >= 4 is 33.9 Å². The van der Waals surface area contributed by atoms with E-state index in [1.54, 1.807) is 12.1 Å². The van der Waals surface area contributed by atoms with E-state index in [1.807, 2.05) is 30.3 Å². The second kappa shape index (κ2) is 6.16. The van der Waals surface area contributed by atoms with Gasteiger partial charge in [-0.25, -0.2) is 0 Å². The molecule has 4 N–H and O–H groups in total. The van der Waals surface area contributed by atoms with E-state index in [-0.39, 0.29) is 5.91 Å². The van der Waals surface area contributed by atoms with E-state index in [0.29, 0.717) is 11.3 Å². The van der Waals surface area contributed by atoms with Crippen LogP contribution in [0.5, 0.6) is 0 Å². The molecule has 0 saturated carbocycles. The van der Waals surface area contributed by atoms with Crippen LogP contribution in [-0.2, 0) is 6.42 Å². The Hall–Kier alpha value is -2.95. The van der Waals surface area contributed by atoms with Gasteiger partial charge >= 0.3 is 0 Å². The summed E-state index contributed by atoms with van der Waals surface area (Å²) in [5, 5.41) is 4.06. The molecule has 1 aromatic heterocycles. The van der Waals surface area contributed by atoms with E-state index < -0.39 is 0 Å². The maximum Gasteiger partial charge on any atom is 0.255 e. The number of aromatic amines is 1. The number of nitrogens with zero attached hydrogens (tertiary/aromatic N) is 1. The van der Waals surface area contributed by atoms with E-state index in [2.05, 4.69) is 22.1 Å². The number of carbonyl (C=O) groups excluding carboxylic acids is 1. The molecular formula is C20H22N4O. The Morgan fingerprint density at radius 2 is 2.04 bits per heavy atom. The van der Waals surface area contributed by atoms with Crippen molar-refractivity contribution in [2.75, 3.05) is 29.0 Å². The van der Waals surface area contributed by atoms with Gasteiger partial charge in [0.1, 0.15) is 0 Å². The summed E-state index contributed by atoms with van der Waals surface area (Å²) >= 11 is 0. The van der Waals surface area contributed by atoms with Crippen molar-refractivity contribution in [3.05, 3.63) is 53.7 Å². The van der Waals surface area contributed by atoms with Crippen LogP contribution < -0.4 is 16.0 Å². The fraction of sp³-hybridized carbons (Fsp3) is 0.250. The second-order valence-corrected chi connectivity index (χ2v) is 6.47. The third-order valence-corrected chi connectivity index (χ3v) is 4.83. The van der Waals surface area contributed by atoms with Crippen LogP contribution in [0, 0.1) is 0 Å². The van der Waals surface area contributed by atoms with Crippen LogP contribution in [0.2, 0.25) is 0 Å². The predicted octanol–water partition coefficient (Wildman–Crippen LogP) is 3.77. The molecule has 3 aromatic rings. The number of hydrogen-bond acceptors (Lipinski definition) is 3. The average molecular weight is 334 g/mol. The van der Waals surface area contributed by atoms with Crippen molar-refractivity contribution in [2.45, 2.75) is 19.8 Å².